The van der Waals surface area contributed by atoms with Gasteiger partial charge in [-0.1, -0.05) is 0 Å². The van der Waals surface area contributed by atoms with Crippen LogP contribution in [-0.2, 0) is 4.74 Å². The molecule has 2 atom stereocenters. The SMILES string of the molecule is CC(C)N1CCC2OCCC2C1. The normalized spacial score (nSPS) is 37.2. The quantitative estimate of drug-likeness (QED) is 0.590. The van der Waals surface area contributed by atoms with Crippen molar-refractivity contribution in [1.29, 1.82) is 0 Å². The van der Waals surface area contributed by atoms with Crippen LogP contribution in [-0.4, -0.2) is 36.7 Å². The van der Waals surface area contributed by atoms with E-state index < -0.39 is 0 Å². The van der Waals surface area contributed by atoms with Crippen molar-refractivity contribution in [3.63, 3.8) is 0 Å². The van der Waals surface area contributed by atoms with Gasteiger partial charge in [-0.25, -0.2) is 0 Å². The lowest BCUT2D eigenvalue weighted by atomic mass is 9.93. The van der Waals surface area contributed by atoms with Crippen LogP contribution in [0.3, 0.4) is 0 Å². The Kier molecular flexibility index (Phi) is 2.37. The fourth-order valence-corrected chi connectivity index (χ4v) is 2.38. The summed E-state index contributed by atoms with van der Waals surface area (Å²) in [5.41, 5.74) is 0. The second-order valence-corrected chi connectivity index (χ2v) is 4.34. The zero-order valence-corrected chi connectivity index (χ0v) is 8.12. The van der Waals surface area contributed by atoms with Crippen LogP contribution in [0.1, 0.15) is 26.7 Å². The van der Waals surface area contributed by atoms with Crippen molar-refractivity contribution in [2.75, 3.05) is 19.7 Å². The zero-order valence-electron chi connectivity index (χ0n) is 8.12. The van der Waals surface area contributed by atoms with Crippen LogP contribution in [0.4, 0.5) is 0 Å². The number of ether oxygens (including phenoxy) is 1. The van der Waals surface area contributed by atoms with Crippen LogP contribution in [0, 0.1) is 5.92 Å². The van der Waals surface area contributed by atoms with Crippen LogP contribution < -0.4 is 0 Å². The van der Waals surface area contributed by atoms with Gasteiger partial charge in [0.25, 0.3) is 0 Å². The van der Waals surface area contributed by atoms with Crippen molar-refractivity contribution in [2.24, 2.45) is 5.92 Å². The number of nitrogens with zero attached hydrogens (tertiary/aromatic N) is 1. The number of rotatable bonds is 1. The lowest BCUT2D eigenvalue weighted by Crippen LogP contribution is -2.44. The molecular weight excluding hydrogens is 150 g/mol. The molecular formula is C10H19NO. The summed E-state index contributed by atoms with van der Waals surface area (Å²) < 4.78 is 5.66. The fourth-order valence-electron chi connectivity index (χ4n) is 2.38. The van der Waals surface area contributed by atoms with Crippen molar-refractivity contribution >= 4 is 0 Å². The molecule has 0 amide bonds. The third kappa shape index (κ3) is 1.50. The fraction of sp³-hybridized carbons (Fsp3) is 1.00. The van der Waals surface area contributed by atoms with E-state index >= 15 is 0 Å². The van der Waals surface area contributed by atoms with Crippen LogP contribution in [0.2, 0.25) is 0 Å². The van der Waals surface area contributed by atoms with E-state index in [9.17, 15) is 0 Å². The summed E-state index contributed by atoms with van der Waals surface area (Å²) in [4.78, 5) is 2.58. The molecule has 70 valence electrons. The Morgan fingerprint density at radius 2 is 2.17 bits per heavy atom. The Morgan fingerprint density at radius 1 is 1.33 bits per heavy atom. The third-order valence-electron chi connectivity index (χ3n) is 3.25. The number of piperidine rings is 1. The van der Waals surface area contributed by atoms with E-state index in [4.69, 9.17) is 4.74 Å². The summed E-state index contributed by atoms with van der Waals surface area (Å²) in [6.07, 6.45) is 3.14. The first-order chi connectivity index (χ1) is 5.77. The molecule has 2 heteroatoms. The predicted octanol–water partition coefficient (Wildman–Crippen LogP) is 1.51. The molecule has 0 N–H and O–H groups in total. The molecule has 2 aliphatic heterocycles. The summed E-state index contributed by atoms with van der Waals surface area (Å²) in [5, 5.41) is 0. The van der Waals surface area contributed by atoms with Gasteiger partial charge in [-0.05, 0) is 26.7 Å². The lowest BCUT2D eigenvalue weighted by molar-refractivity contribution is 0.0257. The Morgan fingerprint density at radius 3 is 2.92 bits per heavy atom. The first-order valence-corrected chi connectivity index (χ1v) is 5.13. The van der Waals surface area contributed by atoms with Gasteiger partial charge in [0.1, 0.15) is 0 Å². The van der Waals surface area contributed by atoms with E-state index in [1.165, 1.54) is 25.9 Å². The molecule has 0 aliphatic carbocycles. The van der Waals surface area contributed by atoms with Gasteiger partial charge in [0.05, 0.1) is 6.10 Å². The monoisotopic (exact) mass is 169 g/mol. The highest BCUT2D eigenvalue weighted by molar-refractivity contribution is 4.85. The molecule has 0 aromatic heterocycles. The average Bonchev–Trinajstić information content (AvgIpc) is 2.49. The Balaban J connectivity index is 1.92. The first-order valence-electron chi connectivity index (χ1n) is 5.13. The van der Waals surface area contributed by atoms with Crippen molar-refractivity contribution in [3.8, 4) is 0 Å². The molecule has 2 fully saturated rings. The molecule has 2 aliphatic rings. The molecule has 0 radical (unpaired) electrons. The third-order valence-corrected chi connectivity index (χ3v) is 3.25. The summed E-state index contributed by atoms with van der Waals surface area (Å²) >= 11 is 0. The summed E-state index contributed by atoms with van der Waals surface area (Å²) in [6.45, 7) is 8.08. The molecule has 0 spiro atoms. The van der Waals surface area contributed by atoms with Crippen molar-refractivity contribution in [1.82, 2.24) is 4.90 Å². The minimum absolute atomic E-state index is 0.597. The molecule has 2 rings (SSSR count). The van der Waals surface area contributed by atoms with Gasteiger partial charge in [-0.15, -0.1) is 0 Å². The molecule has 2 heterocycles. The van der Waals surface area contributed by atoms with E-state index in [1.807, 2.05) is 0 Å². The molecule has 0 aromatic carbocycles. The van der Waals surface area contributed by atoms with E-state index in [2.05, 4.69) is 18.7 Å². The van der Waals surface area contributed by atoms with Gasteiger partial charge in [0.15, 0.2) is 0 Å². The predicted molar refractivity (Wildman–Crippen MR) is 49.2 cm³/mol. The largest absolute Gasteiger partial charge is 0.378 e. The van der Waals surface area contributed by atoms with E-state index in [0.29, 0.717) is 12.1 Å². The van der Waals surface area contributed by atoms with Crippen molar-refractivity contribution in [3.05, 3.63) is 0 Å². The van der Waals surface area contributed by atoms with Gasteiger partial charge >= 0.3 is 0 Å². The van der Waals surface area contributed by atoms with Crippen LogP contribution in [0.15, 0.2) is 0 Å². The van der Waals surface area contributed by atoms with Crippen LogP contribution >= 0.6 is 0 Å². The van der Waals surface area contributed by atoms with Gasteiger partial charge in [-0.3, -0.25) is 0 Å². The maximum atomic E-state index is 5.66. The van der Waals surface area contributed by atoms with Crippen LogP contribution in [0.5, 0.6) is 0 Å². The van der Waals surface area contributed by atoms with E-state index in [1.54, 1.807) is 0 Å². The molecule has 12 heavy (non-hydrogen) atoms. The zero-order chi connectivity index (χ0) is 8.55. The van der Waals surface area contributed by atoms with Gasteiger partial charge in [0, 0.05) is 31.7 Å². The topological polar surface area (TPSA) is 12.5 Å². The summed E-state index contributed by atoms with van der Waals surface area (Å²) in [7, 11) is 0. The maximum Gasteiger partial charge on any atom is 0.0628 e. The van der Waals surface area contributed by atoms with Gasteiger partial charge < -0.3 is 9.64 Å². The maximum absolute atomic E-state index is 5.66. The highest BCUT2D eigenvalue weighted by atomic mass is 16.5. The standard InChI is InChI=1S/C10H19NO/c1-8(2)11-5-3-10-9(7-11)4-6-12-10/h8-10H,3-7H2,1-2H3. The number of hydrogen-bond donors (Lipinski definition) is 0. The van der Waals surface area contributed by atoms with Gasteiger partial charge in [0.2, 0.25) is 0 Å². The average molecular weight is 169 g/mol. The lowest BCUT2D eigenvalue weighted by Gasteiger charge is -2.36. The Hall–Kier alpha value is -0.0800. The summed E-state index contributed by atoms with van der Waals surface area (Å²) in [6, 6.07) is 0.714. The molecule has 2 nitrogen and oxygen atoms in total. The summed E-state index contributed by atoms with van der Waals surface area (Å²) in [5.74, 6) is 0.834. The second-order valence-electron chi connectivity index (χ2n) is 4.34. The van der Waals surface area contributed by atoms with E-state index in [0.717, 1.165) is 12.5 Å². The second kappa shape index (κ2) is 3.35. The minimum Gasteiger partial charge on any atom is -0.378 e. The minimum atomic E-state index is 0.597. The Bertz CT molecular complexity index is 158. The Labute approximate surface area is 74.9 Å². The highest BCUT2D eigenvalue weighted by Crippen LogP contribution is 2.29. The number of hydrogen-bond acceptors (Lipinski definition) is 2. The molecule has 0 bridgehead atoms. The van der Waals surface area contributed by atoms with Crippen molar-refractivity contribution in [2.45, 2.75) is 38.8 Å². The van der Waals surface area contributed by atoms with E-state index in [-0.39, 0.29) is 0 Å². The molecule has 0 aromatic rings. The van der Waals surface area contributed by atoms with Gasteiger partial charge in [-0.2, -0.15) is 0 Å². The van der Waals surface area contributed by atoms with Crippen LogP contribution in [0.25, 0.3) is 0 Å². The first kappa shape index (κ1) is 8.52. The highest BCUT2D eigenvalue weighted by Gasteiger charge is 2.34. The van der Waals surface area contributed by atoms with Crippen molar-refractivity contribution < 1.29 is 4.74 Å². The molecule has 2 saturated heterocycles. The number of fused-ring (bicyclic) bond motifs is 1. The molecule has 2 unspecified atom stereocenters. The number of likely N-dealkylation sites (tertiary alicyclic amines) is 1. The smallest absolute Gasteiger partial charge is 0.0628 e. The molecule has 0 saturated carbocycles.